The summed E-state index contributed by atoms with van der Waals surface area (Å²) in [5.74, 6) is 1.65. The quantitative estimate of drug-likeness (QED) is 0.619. The molecular weight excluding hydrogens is 390 g/mol. The molecule has 4 rings (SSSR count). The molecule has 2 aromatic carbocycles. The molecule has 1 fully saturated rings. The van der Waals surface area contributed by atoms with Crippen molar-refractivity contribution in [2.24, 2.45) is 0 Å². The van der Waals surface area contributed by atoms with Crippen LogP contribution in [0.4, 0.5) is 14.5 Å². The van der Waals surface area contributed by atoms with Gasteiger partial charge in [-0.2, -0.15) is 8.78 Å². The third kappa shape index (κ3) is 4.14. The Balaban J connectivity index is 1.47. The summed E-state index contributed by atoms with van der Waals surface area (Å²) in [6.45, 7) is -2.94. The largest absolute Gasteiger partial charge is 0.440 e. The van der Waals surface area contributed by atoms with Crippen LogP contribution in [-0.4, -0.2) is 20.0 Å². The number of rotatable bonds is 7. The lowest BCUT2D eigenvalue weighted by Crippen LogP contribution is -2.12. The lowest BCUT2D eigenvalue weighted by Gasteiger charge is -2.10. The van der Waals surface area contributed by atoms with E-state index in [1.54, 1.807) is 18.3 Å². The highest BCUT2D eigenvalue weighted by molar-refractivity contribution is 7.92. The minimum absolute atomic E-state index is 0.0556. The molecular formula is C19H16F2N2O4S. The monoisotopic (exact) mass is 406 g/mol. The summed E-state index contributed by atoms with van der Waals surface area (Å²) in [4.78, 5) is 4.31. The molecule has 6 nitrogen and oxygen atoms in total. The van der Waals surface area contributed by atoms with Crippen molar-refractivity contribution in [3.8, 4) is 17.1 Å². The van der Waals surface area contributed by atoms with Crippen molar-refractivity contribution in [1.82, 2.24) is 4.98 Å². The Hall–Kier alpha value is -2.94. The van der Waals surface area contributed by atoms with Crippen molar-refractivity contribution in [1.29, 1.82) is 0 Å². The molecule has 146 valence electrons. The predicted octanol–water partition coefficient (Wildman–Crippen LogP) is 4.62. The molecule has 1 aliphatic carbocycles. The lowest BCUT2D eigenvalue weighted by atomic mass is 10.2. The molecule has 0 radical (unpaired) electrons. The van der Waals surface area contributed by atoms with Gasteiger partial charge in [0.1, 0.15) is 5.75 Å². The van der Waals surface area contributed by atoms with Gasteiger partial charge >= 0.3 is 6.61 Å². The van der Waals surface area contributed by atoms with E-state index in [-0.39, 0.29) is 16.3 Å². The van der Waals surface area contributed by atoms with Crippen LogP contribution in [0.2, 0.25) is 0 Å². The van der Waals surface area contributed by atoms with Crippen molar-refractivity contribution < 1.29 is 26.4 Å². The third-order valence-electron chi connectivity index (χ3n) is 4.23. The first-order valence-electron chi connectivity index (χ1n) is 8.54. The number of alkyl halides is 2. The second-order valence-corrected chi connectivity index (χ2v) is 8.05. The van der Waals surface area contributed by atoms with Crippen LogP contribution in [0.1, 0.15) is 24.7 Å². The van der Waals surface area contributed by atoms with Crippen LogP contribution >= 0.6 is 0 Å². The molecule has 1 heterocycles. The number of anilines is 1. The standard InChI is InChI=1S/C19H16F2N2O4S/c20-19(21)26-15-7-5-14(6-8-15)23-28(24,25)16-9-3-12(4-10-16)17-11-22-18(27-17)13-1-2-13/h3-11,13,19,23H,1-2H2. The summed E-state index contributed by atoms with van der Waals surface area (Å²) in [5.41, 5.74) is 0.960. The molecule has 0 atom stereocenters. The Morgan fingerprint density at radius 3 is 2.36 bits per heavy atom. The number of halogens is 2. The van der Waals surface area contributed by atoms with E-state index < -0.39 is 16.6 Å². The minimum Gasteiger partial charge on any atom is -0.440 e. The number of hydrogen-bond acceptors (Lipinski definition) is 5. The van der Waals surface area contributed by atoms with Crippen LogP contribution in [0.15, 0.2) is 64.0 Å². The van der Waals surface area contributed by atoms with E-state index in [1.165, 1.54) is 36.4 Å². The Labute approximate surface area is 160 Å². The summed E-state index contributed by atoms with van der Waals surface area (Å²) in [6.07, 6.45) is 3.80. The maximum absolute atomic E-state index is 12.5. The molecule has 1 aliphatic rings. The molecule has 28 heavy (non-hydrogen) atoms. The fraction of sp³-hybridized carbons (Fsp3) is 0.211. The first-order chi connectivity index (χ1) is 13.4. The second-order valence-electron chi connectivity index (χ2n) is 6.37. The van der Waals surface area contributed by atoms with Gasteiger partial charge in [-0.3, -0.25) is 4.72 Å². The first-order valence-corrected chi connectivity index (χ1v) is 10.0. The van der Waals surface area contributed by atoms with Crippen LogP contribution in [0.25, 0.3) is 11.3 Å². The predicted molar refractivity (Wildman–Crippen MR) is 97.8 cm³/mol. The smallest absolute Gasteiger partial charge is 0.387 e. The van der Waals surface area contributed by atoms with Gasteiger partial charge in [0, 0.05) is 17.2 Å². The van der Waals surface area contributed by atoms with Gasteiger partial charge in [-0.05, 0) is 61.4 Å². The van der Waals surface area contributed by atoms with Crippen molar-refractivity contribution in [2.45, 2.75) is 30.3 Å². The van der Waals surface area contributed by atoms with Gasteiger partial charge in [-0.1, -0.05) is 0 Å². The normalized spacial score (nSPS) is 14.2. The van der Waals surface area contributed by atoms with Crippen LogP contribution in [-0.2, 0) is 10.0 Å². The lowest BCUT2D eigenvalue weighted by molar-refractivity contribution is -0.0498. The number of hydrogen-bond donors (Lipinski definition) is 1. The molecule has 9 heteroatoms. The third-order valence-corrected chi connectivity index (χ3v) is 5.63. The Kier molecular flexibility index (Phi) is 4.76. The Morgan fingerprint density at radius 1 is 1.07 bits per heavy atom. The highest BCUT2D eigenvalue weighted by atomic mass is 32.2. The Morgan fingerprint density at radius 2 is 1.75 bits per heavy atom. The van der Waals surface area contributed by atoms with Gasteiger partial charge < -0.3 is 9.15 Å². The van der Waals surface area contributed by atoms with E-state index in [0.717, 1.165) is 18.4 Å². The average Bonchev–Trinajstić information content (AvgIpc) is 3.40. The van der Waals surface area contributed by atoms with E-state index in [4.69, 9.17) is 4.42 Å². The van der Waals surface area contributed by atoms with Crippen LogP contribution in [0.5, 0.6) is 5.75 Å². The van der Waals surface area contributed by atoms with E-state index in [9.17, 15) is 17.2 Å². The number of ether oxygens (including phenoxy) is 1. The van der Waals surface area contributed by atoms with E-state index >= 15 is 0 Å². The van der Waals surface area contributed by atoms with Crippen molar-refractivity contribution in [3.63, 3.8) is 0 Å². The number of oxazole rings is 1. The topological polar surface area (TPSA) is 81.4 Å². The summed E-state index contributed by atoms with van der Waals surface area (Å²) >= 11 is 0. The van der Waals surface area contributed by atoms with Gasteiger partial charge in [0.05, 0.1) is 11.1 Å². The van der Waals surface area contributed by atoms with Gasteiger partial charge in [-0.15, -0.1) is 0 Å². The molecule has 0 bridgehead atoms. The molecule has 0 amide bonds. The zero-order chi connectivity index (χ0) is 19.7. The summed E-state index contributed by atoms with van der Waals surface area (Å²) in [7, 11) is -3.83. The van der Waals surface area contributed by atoms with Gasteiger partial charge in [0.15, 0.2) is 11.7 Å². The van der Waals surface area contributed by atoms with Crippen LogP contribution < -0.4 is 9.46 Å². The fourth-order valence-electron chi connectivity index (χ4n) is 2.66. The van der Waals surface area contributed by atoms with E-state index in [0.29, 0.717) is 17.6 Å². The van der Waals surface area contributed by atoms with Crippen LogP contribution in [0, 0.1) is 0 Å². The second kappa shape index (κ2) is 7.23. The zero-order valence-corrected chi connectivity index (χ0v) is 15.3. The SMILES string of the molecule is O=S(=O)(Nc1ccc(OC(F)F)cc1)c1ccc(-c2cnc(C3CC3)o2)cc1. The van der Waals surface area contributed by atoms with Crippen molar-refractivity contribution in [3.05, 3.63) is 60.6 Å². The highest BCUT2D eigenvalue weighted by Gasteiger charge is 2.28. The molecule has 1 aromatic heterocycles. The fourth-order valence-corrected chi connectivity index (χ4v) is 3.72. The number of benzene rings is 2. The maximum atomic E-state index is 12.5. The number of sulfonamides is 1. The van der Waals surface area contributed by atoms with Crippen LogP contribution in [0.3, 0.4) is 0 Å². The number of aromatic nitrogens is 1. The molecule has 3 aromatic rings. The minimum atomic E-state index is -3.83. The number of nitrogens with zero attached hydrogens (tertiary/aromatic N) is 1. The molecule has 1 saturated carbocycles. The van der Waals surface area contributed by atoms with Gasteiger partial charge in [0.25, 0.3) is 10.0 Å². The van der Waals surface area contributed by atoms with Gasteiger partial charge in [-0.25, -0.2) is 13.4 Å². The van der Waals surface area contributed by atoms with Crippen molar-refractivity contribution in [2.75, 3.05) is 4.72 Å². The van der Waals surface area contributed by atoms with Gasteiger partial charge in [0.2, 0.25) is 0 Å². The number of nitrogens with one attached hydrogen (secondary N) is 1. The zero-order valence-electron chi connectivity index (χ0n) is 14.5. The highest BCUT2D eigenvalue weighted by Crippen LogP contribution is 2.40. The summed E-state index contributed by atoms with van der Waals surface area (Å²) in [6, 6.07) is 11.4. The summed E-state index contributed by atoms with van der Waals surface area (Å²) < 4.78 is 61.7. The molecule has 0 spiro atoms. The molecule has 0 aliphatic heterocycles. The van der Waals surface area contributed by atoms with E-state index in [2.05, 4.69) is 14.4 Å². The molecule has 1 N–H and O–H groups in total. The van der Waals surface area contributed by atoms with Crippen molar-refractivity contribution >= 4 is 15.7 Å². The first kappa shape index (κ1) is 18.4. The molecule has 0 unspecified atom stereocenters. The van der Waals surface area contributed by atoms with E-state index in [1.807, 2.05) is 0 Å². The summed E-state index contributed by atoms with van der Waals surface area (Å²) in [5, 5.41) is 0. The average molecular weight is 406 g/mol. The molecule has 0 saturated heterocycles. The Bertz CT molecular complexity index is 1060. The maximum Gasteiger partial charge on any atom is 0.387 e.